The fourth-order valence-corrected chi connectivity index (χ4v) is 0.952. The van der Waals surface area contributed by atoms with Crippen LogP contribution in [0, 0.1) is 0 Å². The molecule has 0 rings (SSSR count). The zero-order valence-corrected chi connectivity index (χ0v) is 10.2. The Balaban J connectivity index is 3.69. The van der Waals surface area contributed by atoms with Crippen LogP contribution >= 0.6 is 11.6 Å². The van der Waals surface area contributed by atoms with Crippen LogP contribution in [-0.4, -0.2) is 38.8 Å². The van der Waals surface area contributed by atoms with Gasteiger partial charge in [0, 0.05) is 25.7 Å². The first-order chi connectivity index (χ1) is 7.11. The molecule has 0 aliphatic carbocycles. The largest absolute Gasteiger partial charge is 0.383 e. The van der Waals surface area contributed by atoms with Crippen LogP contribution < -0.4 is 10.6 Å². The molecule has 5 heteroatoms. The Kier molecular flexibility index (Phi) is 8.37. The summed E-state index contributed by atoms with van der Waals surface area (Å²) in [5.74, 6) is -0.0329. The molecular weight excluding hydrogens is 216 g/mol. The van der Waals surface area contributed by atoms with E-state index < -0.39 is 0 Å². The molecule has 0 fully saturated rings. The van der Waals surface area contributed by atoms with Crippen LogP contribution in [0.1, 0.15) is 13.8 Å². The molecule has 15 heavy (non-hydrogen) atoms. The summed E-state index contributed by atoms with van der Waals surface area (Å²) < 4.78 is 4.83. The number of methoxy groups -OCH3 is 1. The topological polar surface area (TPSA) is 50.4 Å². The van der Waals surface area contributed by atoms with E-state index in [1.807, 2.05) is 13.8 Å². The molecule has 1 amide bonds. The van der Waals surface area contributed by atoms with Crippen LogP contribution in [-0.2, 0) is 9.53 Å². The molecule has 0 heterocycles. The molecule has 0 aliphatic heterocycles. The smallest absolute Gasteiger partial charge is 0.236 e. The Labute approximate surface area is 96.0 Å². The van der Waals surface area contributed by atoms with E-state index in [0.717, 1.165) is 5.57 Å². The number of hydrogen-bond acceptors (Lipinski definition) is 3. The molecule has 0 saturated heterocycles. The highest BCUT2D eigenvalue weighted by atomic mass is 35.5. The van der Waals surface area contributed by atoms with E-state index in [4.69, 9.17) is 16.3 Å². The van der Waals surface area contributed by atoms with E-state index in [0.29, 0.717) is 19.7 Å². The van der Waals surface area contributed by atoms with Gasteiger partial charge in [0.15, 0.2) is 0 Å². The number of ether oxygens (including phenoxy) is 1. The molecule has 0 bridgehead atoms. The molecule has 0 spiro atoms. The molecule has 4 nitrogen and oxygen atoms in total. The van der Waals surface area contributed by atoms with Crippen molar-refractivity contribution in [3.8, 4) is 0 Å². The first kappa shape index (κ1) is 14.4. The van der Waals surface area contributed by atoms with Gasteiger partial charge in [-0.3, -0.25) is 4.79 Å². The second-order valence-corrected chi connectivity index (χ2v) is 3.56. The highest BCUT2D eigenvalue weighted by Crippen LogP contribution is 1.93. The normalized spacial score (nSPS) is 13.7. The molecular formula is C10H19ClN2O2. The fourth-order valence-electron chi connectivity index (χ4n) is 0.875. The minimum atomic E-state index is -0.228. The summed E-state index contributed by atoms with van der Waals surface area (Å²) in [6, 6.07) is -0.228. The fraction of sp³-hybridized carbons (Fsp3) is 0.700. The summed E-state index contributed by atoms with van der Waals surface area (Å²) >= 11 is 5.50. The minimum Gasteiger partial charge on any atom is -0.383 e. The third-order valence-corrected chi connectivity index (χ3v) is 2.24. The van der Waals surface area contributed by atoms with Crippen molar-refractivity contribution < 1.29 is 9.53 Å². The van der Waals surface area contributed by atoms with E-state index in [1.54, 1.807) is 7.11 Å². The van der Waals surface area contributed by atoms with Crippen LogP contribution in [0.5, 0.6) is 0 Å². The average Bonchev–Trinajstić information content (AvgIpc) is 2.25. The maximum atomic E-state index is 11.4. The average molecular weight is 235 g/mol. The highest BCUT2D eigenvalue weighted by Gasteiger charge is 2.10. The van der Waals surface area contributed by atoms with Gasteiger partial charge in [0.2, 0.25) is 5.91 Å². The lowest BCUT2D eigenvalue weighted by Crippen LogP contribution is -2.43. The van der Waals surface area contributed by atoms with Crippen molar-refractivity contribution in [1.29, 1.82) is 0 Å². The molecule has 2 N–H and O–H groups in total. The van der Waals surface area contributed by atoms with Crippen LogP contribution in [0.25, 0.3) is 0 Å². The number of nitrogens with one attached hydrogen (secondary N) is 2. The lowest BCUT2D eigenvalue weighted by molar-refractivity contribution is -0.122. The molecule has 0 radical (unpaired) electrons. The standard InChI is InChI=1S/C10H19ClN2O2/c1-8(6-11)7-13-9(2)10(14)12-4-5-15-3/h6,9,13H,4-5,7H2,1-3H3,(H,12,14). The minimum absolute atomic E-state index is 0.0329. The van der Waals surface area contributed by atoms with E-state index in [-0.39, 0.29) is 11.9 Å². The van der Waals surface area contributed by atoms with Gasteiger partial charge in [-0.05, 0) is 19.4 Å². The van der Waals surface area contributed by atoms with Crippen LogP contribution in [0.4, 0.5) is 0 Å². The van der Waals surface area contributed by atoms with Gasteiger partial charge in [0.25, 0.3) is 0 Å². The van der Waals surface area contributed by atoms with Gasteiger partial charge in [0.1, 0.15) is 0 Å². The summed E-state index contributed by atoms with van der Waals surface area (Å²) in [5, 5.41) is 5.80. The Morgan fingerprint density at radius 3 is 2.80 bits per heavy atom. The highest BCUT2D eigenvalue weighted by molar-refractivity contribution is 6.25. The molecule has 0 aromatic rings. The van der Waals surface area contributed by atoms with Gasteiger partial charge >= 0.3 is 0 Å². The number of rotatable bonds is 7. The predicted octanol–water partition coefficient (Wildman–Crippen LogP) is 0.870. The summed E-state index contributed by atoms with van der Waals surface area (Å²) in [6.07, 6.45) is 0. The number of amides is 1. The first-order valence-electron chi connectivity index (χ1n) is 4.87. The van der Waals surface area contributed by atoms with Crippen molar-refractivity contribution in [2.24, 2.45) is 0 Å². The van der Waals surface area contributed by atoms with E-state index in [2.05, 4.69) is 10.6 Å². The molecule has 0 aliphatic rings. The predicted molar refractivity (Wildman–Crippen MR) is 62.0 cm³/mol. The van der Waals surface area contributed by atoms with E-state index >= 15 is 0 Å². The third-order valence-electron chi connectivity index (χ3n) is 1.87. The first-order valence-corrected chi connectivity index (χ1v) is 5.31. The number of halogens is 1. The summed E-state index contributed by atoms with van der Waals surface area (Å²) in [5.41, 5.74) is 2.50. The lowest BCUT2D eigenvalue weighted by Gasteiger charge is -2.13. The third kappa shape index (κ3) is 7.36. The molecule has 0 saturated carbocycles. The zero-order valence-electron chi connectivity index (χ0n) is 9.47. The molecule has 1 unspecified atom stereocenters. The van der Waals surface area contributed by atoms with Crippen LogP contribution in [0.2, 0.25) is 0 Å². The summed E-state index contributed by atoms with van der Waals surface area (Å²) in [6.45, 7) is 5.38. The van der Waals surface area contributed by atoms with Crippen molar-refractivity contribution in [2.45, 2.75) is 19.9 Å². The Bertz CT molecular complexity index is 219. The van der Waals surface area contributed by atoms with Crippen molar-refractivity contribution in [3.63, 3.8) is 0 Å². The van der Waals surface area contributed by atoms with E-state index in [1.165, 1.54) is 5.54 Å². The number of carbonyl (C=O) groups excluding carboxylic acids is 1. The van der Waals surface area contributed by atoms with Gasteiger partial charge in [0.05, 0.1) is 12.6 Å². The summed E-state index contributed by atoms with van der Waals surface area (Å²) in [4.78, 5) is 11.4. The Morgan fingerprint density at radius 1 is 1.60 bits per heavy atom. The molecule has 0 aromatic carbocycles. The summed E-state index contributed by atoms with van der Waals surface area (Å²) in [7, 11) is 1.60. The van der Waals surface area contributed by atoms with Gasteiger partial charge in [-0.1, -0.05) is 11.6 Å². The van der Waals surface area contributed by atoms with Crippen molar-refractivity contribution in [2.75, 3.05) is 26.8 Å². The number of hydrogen-bond donors (Lipinski definition) is 2. The Hall–Kier alpha value is -0.580. The zero-order chi connectivity index (χ0) is 11.7. The SMILES string of the molecule is COCCNC(=O)C(C)NCC(C)=CCl. The van der Waals surface area contributed by atoms with Gasteiger partial charge < -0.3 is 15.4 Å². The Morgan fingerprint density at radius 2 is 2.27 bits per heavy atom. The van der Waals surface area contributed by atoms with Crippen molar-refractivity contribution in [3.05, 3.63) is 11.1 Å². The monoisotopic (exact) mass is 234 g/mol. The van der Waals surface area contributed by atoms with Crippen molar-refractivity contribution in [1.82, 2.24) is 10.6 Å². The van der Waals surface area contributed by atoms with Crippen LogP contribution in [0.3, 0.4) is 0 Å². The number of carbonyl (C=O) groups is 1. The molecule has 88 valence electrons. The molecule has 1 atom stereocenters. The van der Waals surface area contributed by atoms with Crippen molar-refractivity contribution >= 4 is 17.5 Å². The lowest BCUT2D eigenvalue weighted by atomic mass is 10.2. The van der Waals surface area contributed by atoms with Gasteiger partial charge in [-0.2, -0.15) is 0 Å². The second kappa shape index (κ2) is 8.71. The molecule has 0 aromatic heterocycles. The van der Waals surface area contributed by atoms with E-state index in [9.17, 15) is 4.79 Å². The quantitative estimate of drug-likeness (QED) is 0.643. The maximum absolute atomic E-state index is 11.4. The second-order valence-electron chi connectivity index (χ2n) is 3.34. The maximum Gasteiger partial charge on any atom is 0.236 e. The van der Waals surface area contributed by atoms with Gasteiger partial charge in [-0.25, -0.2) is 0 Å². The van der Waals surface area contributed by atoms with Crippen LogP contribution in [0.15, 0.2) is 11.1 Å². The van der Waals surface area contributed by atoms with Gasteiger partial charge in [-0.15, -0.1) is 0 Å².